The molecule has 0 bridgehead atoms. The maximum atomic E-state index is 5.19. The third kappa shape index (κ3) is 2.27. The van der Waals surface area contributed by atoms with Gasteiger partial charge < -0.3 is 14.3 Å². The average Bonchev–Trinajstić information content (AvgIpc) is 2.86. The standard InChI is InChI=1S/C16H26BN5/c1-5-11-17(12-6-2)20-16(21(3)4)19-15-18-13-9-7-8-10-14(13)22(15)17/h7-10,18H,5-6,11-12H2,1-4H3,(H,19,20). The van der Waals surface area contributed by atoms with Crippen molar-refractivity contribution < 1.29 is 4.48 Å². The highest BCUT2D eigenvalue weighted by molar-refractivity contribution is 6.72. The maximum absolute atomic E-state index is 5.19. The predicted molar refractivity (Wildman–Crippen MR) is 94.6 cm³/mol. The summed E-state index contributed by atoms with van der Waals surface area (Å²) in [6.45, 7) is 4.50. The minimum Gasteiger partial charge on any atom is -0.415 e. The molecule has 2 N–H and O–H groups in total. The molecule has 1 aliphatic heterocycles. The minimum absolute atomic E-state index is 0.952. The summed E-state index contributed by atoms with van der Waals surface area (Å²) in [5, 5.41) is 3.46. The zero-order valence-corrected chi connectivity index (χ0v) is 14.1. The Labute approximate surface area is 132 Å². The van der Waals surface area contributed by atoms with Crippen molar-refractivity contribution in [2.24, 2.45) is 4.90 Å². The molecule has 0 radical (unpaired) electrons. The molecule has 0 unspecified atom stereocenters. The van der Waals surface area contributed by atoms with Crippen LogP contribution in [0.15, 0.2) is 29.2 Å². The molecule has 3 rings (SSSR count). The Hall–Kier alpha value is -1.98. The van der Waals surface area contributed by atoms with Crippen LogP contribution in [0.5, 0.6) is 0 Å². The first-order chi connectivity index (χ1) is 10.6. The number of nitrogens with zero attached hydrogens (tertiary/aromatic N) is 3. The second-order valence-electron chi connectivity index (χ2n) is 6.54. The van der Waals surface area contributed by atoms with Crippen molar-refractivity contribution in [1.29, 1.82) is 0 Å². The maximum Gasteiger partial charge on any atom is 0.319 e. The minimum atomic E-state index is -1.00. The van der Waals surface area contributed by atoms with Crippen LogP contribution in [0, 0.1) is 0 Å². The molecule has 0 saturated carbocycles. The zero-order chi connectivity index (χ0) is 15.7. The van der Waals surface area contributed by atoms with E-state index in [2.05, 4.69) is 57.8 Å². The molecule has 0 spiro atoms. The van der Waals surface area contributed by atoms with Crippen LogP contribution in [0.4, 0.5) is 5.95 Å². The highest BCUT2D eigenvalue weighted by atomic mass is 15.4. The Kier molecular flexibility index (Phi) is 3.85. The van der Waals surface area contributed by atoms with Crippen LogP contribution in [0.25, 0.3) is 11.0 Å². The fraction of sp³-hybridized carbons (Fsp3) is 0.500. The van der Waals surface area contributed by atoms with E-state index in [4.69, 9.17) is 4.90 Å². The van der Waals surface area contributed by atoms with E-state index in [1.165, 1.54) is 11.0 Å². The van der Waals surface area contributed by atoms with Crippen LogP contribution in [-0.2, 0) is 0 Å². The van der Waals surface area contributed by atoms with Crippen molar-refractivity contribution in [3.05, 3.63) is 24.3 Å². The number of fused-ring (bicyclic) bond motifs is 3. The van der Waals surface area contributed by atoms with Crippen LogP contribution in [0.3, 0.4) is 0 Å². The van der Waals surface area contributed by atoms with Gasteiger partial charge in [0.15, 0.2) is 0 Å². The van der Waals surface area contributed by atoms with Gasteiger partial charge in [0.2, 0.25) is 5.96 Å². The summed E-state index contributed by atoms with van der Waals surface area (Å²) in [6, 6.07) is 8.51. The summed E-state index contributed by atoms with van der Waals surface area (Å²) >= 11 is 0. The van der Waals surface area contributed by atoms with Gasteiger partial charge in [0, 0.05) is 14.1 Å². The number of nitrogens with one attached hydrogen (secondary N) is 2. The number of imidazole rings is 1. The number of aromatic amines is 1. The average molecular weight is 299 g/mol. The van der Waals surface area contributed by atoms with Gasteiger partial charge in [0.05, 0.1) is 5.52 Å². The second kappa shape index (κ2) is 5.67. The molecule has 5 nitrogen and oxygen atoms in total. The number of H-pyrrole nitrogens is 1. The molecule has 0 amide bonds. The van der Waals surface area contributed by atoms with Gasteiger partial charge in [-0.2, -0.15) is 0 Å². The van der Waals surface area contributed by atoms with E-state index in [9.17, 15) is 0 Å². The number of para-hydroxylation sites is 2. The molecule has 2 heterocycles. The van der Waals surface area contributed by atoms with Crippen LogP contribution in [-0.4, -0.2) is 36.4 Å². The lowest BCUT2D eigenvalue weighted by Gasteiger charge is -2.39. The molecule has 0 saturated heterocycles. The first-order valence-corrected chi connectivity index (χ1v) is 8.36. The molecule has 0 aliphatic carbocycles. The van der Waals surface area contributed by atoms with Crippen LogP contribution in [0.2, 0.25) is 12.6 Å². The van der Waals surface area contributed by atoms with Crippen molar-refractivity contribution in [1.82, 2.24) is 9.88 Å². The van der Waals surface area contributed by atoms with Gasteiger partial charge in [-0.15, -0.1) is 12.6 Å². The molecule has 22 heavy (non-hydrogen) atoms. The number of hydrogen-bond acceptors (Lipinski definition) is 3. The molecule has 2 aromatic rings. The van der Waals surface area contributed by atoms with Gasteiger partial charge >= 0.3 is 5.95 Å². The Bertz CT molecular complexity index is 698. The quantitative estimate of drug-likeness (QED) is 0.853. The van der Waals surface area contributed by atoms with E-state index in [0.29, 0.717) is 0 Å². The van der Waals surface area contributed by atoms with Gasteiger partial charge in [0.25, 0.3) is 6.42 Å². The number of rotatable bonds is 4. The highest BCUT2D eigenvalue weighted by Gasteiger charge is 2.38. The lowest BCUT2D eigenvalue weighted by Crippen LogP contribution is -2.67. The van der Waals surface area contributed by atoms with Crippen molar-refractivity contribution in [2.45, 2.75) is 39.3 Å². The van der Waals surface area contributed by atoms with E-state index in [0.717, 1.165) is 37.4 Å². The molecule has 118 valence electrons. The molecular weight excluding hydrogens is 273 g/mol. The highest BCUT2D eigenvalue weighted by Crippen LogP contribution is 2.27. The van der Waals surface area contributed by atoms with Crippen molar-refractivity contribution in [3.8, 4) is 0 Å². The summed E-state index contributed by atoms with van der Waals surface area (Å²) in [6.07, 6.45) is 3.48. The van der Waals surface area contributed by atoms with Crippen molar-refractivity contribution in [2.75, 3.05) is 19.4 Å². The lowest BCUT2D eigenvalue weighted by molar-refractivity contribution is -0.504. The number of hydrogen-bond donors (Lipinski definition) is 2. The third-order valence-corrected chi connectivity index (χ3v) is 4.66. The second-order valence-corrected chi connectivity index (χ2v) is 6.54. The lowest BCUT2D eigenvalue weighted by atomic mass is 9.40. The summed E-state index contributed by atoms with van der Waals surface area (Å²) in [7, 11) is 4.09. The van der Waals surface area contributed by atoms with E-state index in [1.54, 1.807) is 0 Å². The van der Waals surface area contributed by atoms with E-state index >= 15 is 0 Å². The van der Waals surface area contributed by atoms with Gasteiger partial charge in [0.1, 0.15) is 5.52 Å². The van der Waals surface area contributed by atoms with Gasteiger partial charge in [-0.1, -0.05) is 38.8 Å². The number of aromatic nitrogens is 2. The van der Waals surface area contributed by atoms with Crippen LogP contribution in [0.1, 0.15) is 26.7 Å². The van der Waals surface area contributed by atoms with E-state index in [-0.39, 0.29) is 0 Å². The van der Waals surface area contributed by atoms with Gasteiger partial charge in [-0.05, 0) is 12.1 Å². The van der Waals surface area contributed by atoms with Crippen LogP contribution < -0.4 is 9.79 Å². The number of anilines is 1. The first kappa shape index (κ1) is 14.9. The third-order valence-electron chi connectivity index (χ3n) is 4.66. The number of guanidine groups is 1. The molecule has 0 atom stereocenters. The Morgan fingerprint density at radius 1 is 1.14 bits per heavy atom. The molecule has 1 aromatic heterocycles. The topological polar surface area (TPSA) is 47.3 Å². The molecule has 0 fully saturated rings. The van der Waals surface area contributed by atoms with Gasteiger partial charge in [-0.3, -0.25) is 0 Å². The zero-order valence-electron chi connectivity index (χ0n) is 14.1. The largest absolute Gasteiger partial charge is 0.415 e. The van der Waals surface area contributed by atoms with E-state index < -0.39 is 6.42 Å². The first-order valence-electron chi connectivity index (χ1n) is 8.36. The predicted octanol–water partition coefficient (Wildman–Crippen LogP) is 2.91. The number of benzene rings is 1. The van der Waals surface area contributed by atoms with Gasteiger partial charge in [-0.25, -0.2) is 10.3 Å². The fourth-order valence-corrected chi connectivity index (χ4v) is 3.80. The summed E-state index contributed by atoms with van der Waals surface area (Å²) in [5.74, 6) is 2.01. The molecular formula is C16H26BN5. The molecule has 1 aromatic carbocycles. The monoisotopic (exact) mass is 299 g/mol. The smallest absolute Gasteiger partial charge is 0.319 e. The Morgan fingerprint density at radius 3 is 2.45 bits per heavy atom. The Morgan fingerprint density at radius 2 is 1.82 bits per heavy atom. The van der Waals surface area contributed by atoms with Crippen molar-refractivity contribution >= 4 is 29.4 Å². The SMILES string of the molecule is CCC[B-]1(CCC)N=C(N(C)C)Nc2[nH]c3ccccc3[n+]21. The fourth-order valence-electron chi connectivity index (χ4n) is 3.80. The molecule has 6 heteroatoms. The summed E-state index contributed by atoms with van der Waals surface area (Å²) in [4.78, 5) is 10.8. The van der Waals surface area contributed by atoms with Crippen molar-refractivity contribution in [3.63, 3.8) is 0 Å². The normalized spacial score (nSPS) is 16.1. The summed E-state index contributed by atoms with van der Waals surface area (Å²) in [5.41, 5.74) is 2.41. The summed E-state index contributed by atoms with van der Waals surface area (Å²) < 4.78 is 2.43. The van der Waals surface area contributed by atoms with E-state index in [1.807, 2.05) is 14.1 Å². The van der Waals surface area contributed by atoms with Crippen LogP contribution >= 0.6 is 0 Å². The molecule has 1 aliphatic rings. The Balaban J connectivity index is 2.25.